The van der Waals surface area contributed by atoms with Crippen LogP contribution >= 0.6 is 0 Å². The molecular formula is C33H35N5O3. The molecule has 0 saturated heterocycles. The maximum Gasteiger partial charge on any atom is 0.251 e. The van der Waals surface area contributed by atoms with Gasteiger partial charge in [0.25, 0.3) is 5.91 Å². The van der Waals surface area contributed by atoms with Gasteiger partial charge in [-0.1, -0.05) is 56.2 Å². The Kier molecular flexibility index (Phi) is 7.31. The number of nitrogens with one attached hydrogen (secondary N) is 1. The van der Waals surface area contributed by atoms with Crippen molar-refractivity contribution in [3.8, 4) is 18.1 Å². The van der Waals surface area contributed by atoms with Crippen molar-refractivity contribution < 1.29 is 14.3 Å². The number of ether oxygens (including phenoxy) is 1. The maximum absolute atomic E-state index is 13.7. The molecule has 0 fully saturated rings. The Morgan fingerprint density at radius 1 is 1.15 bits per heavy atom. The van der Waals surface area contributed by atoms with E-state index in [1.807, 2.05) is 64.1 Å². The highest BCUT2D eigenvalue weighted by Crippen LogP contribution is 2.40. The molecule has 2 aliphatic rings. The van der Waals surface area contributed by atoms with E-state index in [1.54, 1.807) is 36.7 Å². The third-order valence-corrected chi connectivity index (χ3v) is 7.86. The second-order valence-electron chi connectivity index (χ2n) is 11.6. The smallest absolute Gasteiger partial charge is 0.251 e. The molecule has 2 aliphatic heterocycles. The van der Waals surface area contributed by atoms with Crippen LogP contribution in [-0.4, -0.2) is 38.8 Å². The zero-order chi connectivity index (χ0) is 29.4. The minimum Gasteiger partial charge on any atom is -0.487 e. The van der Waals surface area contributed by atoms with E-state index in [0.29, 0.717) is 17.5 Å². The van der Waals surface area contributed by atoms with Gasteiger partial charge in [-0.15, -0.1) is 6.42 Å². The van der Waals surface area contributed by atoms with Crippen LogP contribution in [0.25, 0.3) is 0 Å². The zero-order valence-electron chi connectivity index (χ0n) is 23.8. The van der Waals surface area contributed by atoms with Crippen molar-refractivity contribution in [1.29, 1.82) is 0 Å². The molecule has 2 aromatic carbocycles. The molecule has 5 rings (SSSR count). The molecule has 8 nitrogen and oxygen atoms in total. The number of carbonyl (C=O) groups is 2. The van der Waals surface area contributed by atoms with Crippen molar-refractivity contribution in [2.45, 2.75) is 63.8 Å². The Labute approximate surface area is 241 Å². The summed E-state index contributed by atoms with van der Waals surface area (Å²) in [4.78, 5) is 37.7. The number of rotatable bonds is 6. The fourth-order valence-corrected chi connectivity index (χ4v) is 5.65. The van der Waals surface area contributed by atoms with Gasteiger partial charge in [-0.2, -0.15) is 0 Å². The van der Waals surface area contributed by atoms with Gasteiger partial charge in [-0.25, -0.2) is 4.99 Å². The van der Waals surface area contributed by atoms with E-state index < -0.39 is 17.2 Å². The van der Waals surface area contributed by atoms with Crippen LogP contribution in [0.2, 0.25) is 0 Å². The van der Waals surface area contributed by atoms with Crippen LogP contribution in [0.5, 0.6) is 5.75 Å². The molecule has 0 bridgehead atoms. The van der Waals surface area contributed by atoms with Crippen LogP contribution in [0, 0.1) is 18.3 Å². The maximum atomic E-state index is 13.7. The number of para-hydroxylation sites is 1. The number of terminal acetylenes is 1. The van der Waals surface area contributed by atoms with Gasteiger partial charge in [0, 0.05) is 29.9 Å². The third kappa shape index (κ3) is 5.40. The summed E-state index contributed by atoms with van der Waals surface area (Å²) in [5.41, 5.74) is 7.85. The molecule has 41 heavy (non-hydrogen) atoms. The number of pyridine rings is 1. The van der Waals surface area contributed by atoms with E-state index >= 15 is 0 Å². The minimum absolute atomic E-state index is 0.0255. The number of aliphatic imine (C=N–C) groups is 1. The predicted octanol–water partition coefficient (Wildman–Crippen LogP) is 4.78. The minimum atomic E-state index is -1.01. The molecule has 0 unspecified atom stereocenters. The monoisotopic (exact) mass is 549 g/mol. The standard InChI is InChI=1S/C33H35N5O3/c1-6-33(21(2)3)19-28(39)38(31(34)37-33)29(24-13-10-16-35-20-24)22-11-9-12-23(17-22)30(40)36-26-18-32(4,5)41-27-15-8-7-14-25(26)27/h1,7-17,20-21,26,29H,18-19H2,2-5H3,(H2,34,37)(H,36,40)/t26-,29-,33-/m0/s1. The number of hydrogen-bond acceptors (Lipinski definition) is 6. The van der Waals surface area contributed by atoms with E-state index in [2.05, 4.69) is 21.2 Å². The predicted molar refractivity (Wildman–Crippen MR) is 158 cm³/mol. The Balaban J connectivity index is 1.51. The first kappa shape index (κ1) is 27.9. The van der Waals surface area contributed by atoms with Gasteiger partial charge in [0.1, 0.15) is 16.9 Å². The lowest BCUT2D eigenvalue weighted by atomic mass is 9.82. The van der Waals surface area contributed by atoms with Crippen molar-refractivity contribution in [3.05, 3.63) is 95.3 Å². The summed E-state index contributed by atoms with van der Waals surface area (Å²) < 4.78 is 6.13. The molecule has 8 heteroatoms. The SMILES string of the molecule is C#C[C@@]1(C(C)C)CC(=O)N([C@H](c2cccnc2)c2cccc(C(=O)N[C@H]3CC(C)(C)Oc4ccccc43)c2)C(N)=N1. The number of nitrogens with two attached hydrogens (primary N) is 1. The Morgan fingerprint density at radius 2 is 1.90 bits per heavy atom. The molecule has 3 atom stereocenters. The van der Waals surface area contributed by atoms with Crippen LogP contribution in [0.1, 0.15) is 79.7 Å². The number of benzene rings is 2. The summed E-state index contributed by atoms with van der Waals surface area (Å²) in [6, 6.07) is 17.8. The molecule has 210 valence electrons. The van der Waals surface area contributed by atoms with Crippen LogP contribution in [0.3, 0.4) is 0 Å². The van der Waals surface area contributed by atoms with Gasteiger partial charge < -0.3 is 15.8 Å². The molecule has 0 aliphatic carbocycles. The van der Waals surface area contributed by atoms with Crippen molar-refractivity contribution in [1.82, 2.24) is 15.2 Å². The number of fused-ring (bicyclic) bond motifs is 1. The number of aromatic nitrogens is 1. The van der Waals surface area contributed by atoms with Gasteiger partial charge >= 0.3 is 0 Å². The van der Waals surface area contributed by atoms with E-state index in [-0.39, 0.29) is 36.2 Å². The molecule has 3 aromatic rings. The Bertz CT molecular complexity index is 1540. The van der Waals surface area contributed by atoms with Crippen LogP contribution in [0.15, 0.2) is 78.0 Å². The zero-order valence-corrected chi connectivity index (χ0v) is 23.8. The van der Waals surface area contributed by atoms with E-state index in [1.165, 1.54) is 4.90 Å². The Hall–Kier alpha value is -4.64. The normalized spacial score (nSPS) is 22.1. The summed E-state index contributed by atoms with van der Waals surface area (Å²) in [6.07, 6.45) is 9.83. The Morgan fingerprint density at radius 3 is 2.59 bits per heavy atom. The van der Waals surface area contributed by atoms with Crippen molar-refractivity contribution >= 4 is 17.8 Å². The number of guanidine groups is 1. The summed E-state index contributed by atoms with van der Waals surface area (Å²) >= 11 is 0. The van der Waals surface area contributed by atoms with Crippen LogP contribution in [0.4, 0.5) is 0 Å². The largest absolute Gasteiger partial charge is 0.487 e. The van der Waals surface area contributed by atoms with E-state index in [4.69, 9.17) is 16.9 Å². The van der Waals surface area contributed by atoms with Crippen molar-refractivity contribution in [3.63, 3.8) is 0 Å². The number of carbonyl (C=O) groups excluding carboxylic acids is 2. The molecule has 3 heterocycles. The molecule has 0 radical (unpaired) electrons. The lowest BCUT2D eigenvalue weighted by molar-refractivity contribution is -0.130. The highest BCUT2D eigenvalue weighted by molar-refractivity contribution is 6.00. The van der Waals surface area contributed by atoms with Gasteiger partial charge in [-0.05, 0) is 55.2 Å². The highest BCUT2D eigenvalue weighted by atomic mass is 16.5. The van der Waals surface area contributed by atoms with E-state index in [9.17, 15) is 9.59 Å². The second kappa shape index (κ2) is 10.7. The number of hydrogen-bond donors (Lipinski definition) is 2. The first-order chi connectivity index (χ1) is 19.5. The summed E-state index contributed by atoms with van der Waals surface area (Å²) in [6.45, 7) is 7.88. The molecule has 0 spiro atoms. The molecule has 1 aromatic heterocycles. The molecule has 2 amide bonds. The number of amides is 2. The first-order valence-corrected chi connectivity index (χ1v) is 13.8. The van der Waals surface area contributed by atoms with Gasteiger partial charge in [0.2, 0.25) is 5.91 Å². The van der Waals surface area contributed by atoms with Crippen LogP contribution < -0.4 is 15.8 Å². The first-order valence-electron chi connectivity index (χ1n) is 13.8. The highest BCUT2D eigenvalue weighted by Gasteiger charge is 2.44. The lowest BCUT2D eigenvalue weighted by Gasteiger charge is -2.40. The summed E-state index contributed by atoms with van der Waals surface area (Å²) in [5.74, 6) is 2.96. The van der Waals surface area contributed by atoms with Crippen molar-refractivity contribution in [2.75, 3.05) is 0 Å². The lowest BCUT2D eigenvalue weighted by Crippen LogP contribution is -2.54. The third-order valence-electron chi connectivity index (χ3n) is 7.86. The molecule has 3 N–H and O–H groups in total. The second-order valence-corrected chi connectivity index (χ2v) is 11.6. The van der Waals surface area contributed by atoms with Gasteiger partial charge in [0.05, 0.1) is 18.5 Å². The van der Waals surface area contributed by atoms with E-state index in [0.717, 1.165) is 16.9 Å². The molecular weight excluding hydrogens is 514 g/mol. The quantitative estimate of drug-likeness (QED) is 0.430. The van der Waals surface area contributed by atoms with Gasteiger partial charge in [-0.3, -0.25) is 19.5 Å². The topological polar surface area (TPSA) is 110 Å². The average molecular weight is 550 g/mol. The van der Waals surface area contributed by atoms with Crippen molar-refractivity contribution in [2.24, 2.45) is 16.6 Å². The fourth-order valence-electron chi connectivity index (χ4n) is 5.65. The molecule has 0 saturated carbocycles. The fraction of sp³-hybridized carbons (Fsp3) is 0.333. The van der Waals surface area contributed by atoms with Crippen LogP contribution in [-0.2, 0) is 4.79 Å². The summed E-state index contributed by atoms with van der Waals surface area (Å²) in [7, 11) is 0. The van der Waals surface area contributed by atoms with Gasteiger partial charge in [0.15, 0.2) is 5.96 Å². The number of nitrogens with zero attached hydrogens (tertiary/aromatic N) is 3. The summed E-state index contributed by atoms with van der Waals surface area (Å²) in [5, 5.41) is 3.20. The average Bonchev–Trinajstić information content (AvgIpc) is 2.94.